The van der Waals surface area contributed by atoms with Gasteiger partial charge in [-0.1, -0.05) is 0 Å². The Bertz CT molecular complexity index is 662. The van der Waals surface area contributed by atoms with E-state index in [1.807, 2.05) is 6.07 Å². The predicted molar refractivity (Wildman–Crippen MR) is 82.5 cm³/mol. The number of anilines is 1. The molecule has 0 aromatic carbocycles. The Morgan fingerprint density at radius 2 is 2.19 bits per heavy atom. The first kappa shape index (κ1) is 17.8. The number of carbonyl (C=O) groups is 1. The van der Waals surface area contributed by atoms with E-state index in [4.69, 9.17) is 21.6 Å². The van der Waals surface area contributed by atoms with Gasteiger partial charge in [-0.25, -0.2) is 13.2 Å². The molecule has 6 nitrogen and oxygen atoms in total. The fourth-order valence-electron chi connectivity index (χ4n) is 1.55. The predicted octanol–water partition coefficient (Wildman–Crippen LogP) is 2.48. The summed E-state index contributed by atoms with van der Waals surface area (Å²) < 4.78 is 30.9. The number of thiophene rings is 1. The van der Waals surface area contributed by atoms with Crippen LogP contribution in [0.15, 0.2) is 0 Å². The van der Waals surface area contributed by atoms with Crippen molar-refractivity contribution in [1.82, 2.24) is 0 Å². The van der Waals surface area contributed by atoms with Gasteiger partial charge in [0.05, 0.1) is 17.9 Å². The molecule has 1 rings (SSSR count). The van der Waals surface area contributed by atoms with Gasteiger partial charge in [0.15, 0.2) is 0 Å². The third kappa shape index (κ3) is 4.59. The highest BCUT2D eigenvalue weighted by atomic mass is 35.5. The molecule has 21 heavy (non-hydrogen) atoms. The fraction of sp³-hybridized carbons (Fsp3) is 0.500. The summed E-state index contributed by atoms with van der Waals surface area (Å²) in [4.78, 5) is 12.0. The van der Waals surface area contributed by atoms with Crippen LogP contribution in [0, 0.1) is 18.3 Å². The average Bonchev–Trinajstić information content (AvgIpc) is 2.72. The number of hydrogen-bond acceptors (Lipinski definition) is 6. The van der Waals surface area contributed by atoms with Gasteiger partial charge in [-0.2, -0.15) is 5.26 Å². The molecule has 116 valence electrons. The lowest BCUT2D eigenvalue weighted by Crippen LogP contribution is -2.16. The first-order valence-corrected chi connectivity index (χ1v) is 9.13. The highest BCUT2D eigenvalue weighted by molar-refractivity contribution is 7.92. The van der Waals surface area contributed by atoms with Crippen LogP contribution in [0.4, 0.5) is 5.00 Å². The highest BCUT2D eigenvalue weighted by Gasteiger charge is 2.23. The maximum absolute atomic E-state index is 11.9. The number of sulfonamides is 1. The summed E-state index contributed by atoms with van der Waals surface area (Å²) in [5.74, 6) is -0.487. The van der Waals surface area contributed by atoms with E-state index in [0.717, 1.165) is 11.3 Å². The number of esters is 1. The highest BCUT2D eigenvalue weighted by Crippen LogP contribution is 2.33. The van der Waals surface area contributed by atoms with Gasteiger partial charge in [0, 0.05) is 5.88 Å². The van der Waals surface area contributed by atoms with Crippen LogP contribution in [0.2, 0.25) is 0 Å². The van der Waals surface area contributed by atoms with Crippen molar-refractivity contribution in [3.05, 3.63) is 16.0 Å². The molecular formula is C12H15ClN2O4S2. The van der Waals surface area contributed by atoms with Crippen LogP contribution in [-0.4, -0.2) is 32.6 Å². The summed E-state index contributed by atoms with van der Waals surface area (Å²) in [5.41, 5.74) is 0.550. The molecule has 0 unspecified atom stereocenters. The van der Waals surface area contributed by atoms with Crippen molar-refractivity contribution in [2.45, 2.75) is 20.3 Å². The smallest absolute Gasteiger partial charge is 0.348 e. The summed E-state index contributed by atoms with van der Waals surface area (Å²) in [6, 6.07) is 1.91. The van der Waals surface area contributed by atoms with Gasteiger partial charge < -0.3 is 4.74 Å². The topological polar surface area (TPSA) is 96.3 Å². The number of nitriles is 1. The summed E-state index contributed by atoms with van der Waals surface area (Å²) in [5, 5.41) is 9.28. The van der Waals surface area contributed by atoms with Crippen molar-refractivity contribution in [1.29, 1.82) is 5.26 Å². The first-order valence-electron chi connectivity index (χ1n) is 6.13. The quantitative estimate of drug-likeness (QED) is 0.602. The molecule has 9 heteroatoms. The molecule has 0 aliphatic rings. The van der Waals surface area contributed by atoms with Gasteiger partial charge >= 0.3 is 5.97 Å². The van der Waals surface area contributed by atoms with Gasteiger partial charge in [-0.05, 0) is 25.8 Å². The lowest BCUT2D eigenvalue weighted by atomic mass is 10.2. The molecule has 0 bridgehead atoms. The third-order valence-corrected chi connectivity index (χ3v) is 5.44. The first-order chi connectivity index (χ1) is 9.86. The standard InChI is InChI=1S/C12H15ClN2O4S2/c1-3-19-12(16)10-8(2)9(7-14)11(20-10)15-21(17,18)6-4-5-13/h15H,3-6H2,1-2H3. The van der Waals surface area contributed by atoms with Crippen molar-refractivity contribution in [2.75, 3.05) is 23.0 Å². The second kappa shape index (κ2) is 7.64. The van der Waals surface area contributed by atoms with Crippen LogP contribution in [0.1, 0.15) is 34.1 Å². The van der Waals surface area contributed by atoms with Crippen molar-refractivity contribution >= 4 is 43.9 Å². The maximum Gasteiger partial charge on any atom is 0.348 e. The molecule has 0 atom stereocenters. The van der Waals surface area contributed by atoms with E-state index in [-0.39, 0.29) is 33.7 Å². The third-order valence-electron chi connectivity index (χ3n) is 2.51. The van der Waals surface area contributed by atoms with Crippen molar-refractivity contribution in [3.8, 4) is 6.07 Å². The second-order valence-corrected chi connectivity index (χ2v) is 7.30. The number of halogens is 1. The van der Waals surface area contributed by atoms with Crippen LogP contribution in [0.3, 0.4) is 0 Å². The van der Waals surface area contributed by atoms with Crippen molar-refractivity contribution in [2.24, 2.45) is 0 Å². The molecule has 1 aromatic rings. The van der Waals surface area contributed by atoms with Gasteiger partial charge in [0.25, 0.3) is 0 Å². The summed E-state index contributed by atoms with van der Waals surface area (Å²) >= 11 is 6.37. The Balaban J connectivity index is 3.12. The molecule has 0 saturated heterocycles. The van der Waals surface area contributed by atoms with Crippen LogP contribution < -0.4 is 4.72 Å². The van der Waals surface area contributed by atoms with Crippen LogP contribution >= 0.6 is 22.9 Å². The van der Waals surface area contributed by atoms with Gasteiger partial charge in [-0.15, -0.1) is 22.9 Å². The monoisotopic (exact) mass is 350 g/mol. The molecule has 0 amide bonds. The molecule has 1 aromatic heterocycles. The SMILES string of the molecule is CCOC(=O)c1sc(NS(=O)(=O)CCCCl)c(C#N)c1C. The Hall–Kier alpha value is -1.30. The van der Waals surface area contributed by atoms with Crippen molar-refractivity contribution < 1.29 is 17.9 Å². The summed E-state index contributed by atoms with van der Waals surface area (Å²) in [6.45, 7) is 3.45. The number of hydrogen-bond donors (Lipinski definition) is 1. The number of ether oxygens (including phenoxy) is 1. The Morgan fingerprint density at radius 3 is 2.71 bits per heavy atom. The summed E-state index contributed by atoms with van der Waals surface area (Å²) in [7, 11) is -3.60. The van der Waals surface area contributed by atoms with Gasteiger partial charge in [-0.3, -0.25) is 4.72 Å². The van der Waals surface area contributed by atoms with E-state index in [1.54, 1.807) is 13.8 Å². The van der Waals surface area contributed by atoms with Gasteiger partial charge in [0.1, 0.15) is 15.9 Å². The molecular weight excluding hydrogens is 336 g/mol. The number of rotatable bonds is 7. The zero-order chi connectivity index (χ0) is 16.0. The molecule has 1 N–H and O–H groups in total. The second-order valence-electron chi connectivity index (χ2n) is 4.06. The van der Waals surface area contributed by atoms with Crippen molar-refractivity contribution in [3.63, 3.8) is 0 Å². The van der Waals surface area contributed by atoms with E-state index >= 15 is 0 Å². The molecule has 0 aliphatic carbocycles. The minimum Gasteiger partial charge on any atom is -0.462 e. The van der Waals surface area contributed by atoms with Crippen LogP contribution in [0.25, 0.3) is 0 Å². The minimum atomic E-state index is -3.60. The zero-order valence-corrected chi connectivity index (χ0v) is 14.0. The number of nitrogens with zero attached hydrogens (tertiary/aromatic N) is 1. The Labute approximate surface area is 132 Å². The normalized spacial score (nSPS) is 11.0. The number of carbonyl (C=O) groups excluding carboxylic acids is 1. The molecule has 1 heterocycles. The van der Waals surface area contributed by atoms with E-state index in [1.165, 1.54) is 0 Å². The lowest BCUT2D eigenvalue weighted by molar-refractivity contribution is 0.0531. The molecule has 0 fully saturated rings. The number of alkyl halides is 1. The van der Waals surface area contributed by atoms with E-state index < -0.39 is 16.0 Å². The van der Waals surface area contributed by atoms with Crippen LogP contribution in [-0.2, 0) is 14.8 Å². The summed E-state index contributed by atoms with van der Waals surface area (Å²) in [6.07, 6.45) is 0.299. The largest absolute Gasteiger partial charge is 0.462 e. The minimum absolute atomic E-state index is 0.132. The average molecular weight is 351 g/mol. The Morgan fingerprint density at radius 1 is 1.52 bits per heavy atom. The van der Waals surface area contributed by atoms with E-state index in [9.17, 15) is 13.2 Å². The van der Waals surface area contributed by atoms with Gasteiger partial charge in [0.2, 0.25) is 10.0 Å². The molecule has 0 spiro atoms. The van der Waals surface area contributed by atoms with Crippen LogP contribution in [0.5, 0.6) is 0 Å². The fourth-order valence-corrected chi connectivity index (χ4v) is 4.30. The maximum atomic E-state index is 11.9. The van der Waals surface area contributed by atoms with E-state index in [2.05, 4.69) is 4.72 Å². The molecule has 0 saturated carbocycles. The Kier molecular flexibility index (Phi) is 6.45. The van der Waals surface area contributed by atoms with E-state index in [0.29, 0.717) is 12.0 Å². The zero-order valence-electron chi connectivity index (χ0n) is 11.6. The molecule has 0 aliphatic heterocycles. The number of nitrogens with one attached hydrogen (secondary N) is 1. The lowest BCUT2D eigenvalue weighted by Gasteiger charge is -2.05. The molecule has 0 radical (unpaired) electrons.